The van der Waals surface area contributed by atoms with Crippen molar-refractivity contribution in [3.63, 3.8) is 0 Å². The highest BCUT2D eigenvalue weighted by atomic mass is 79.9. The van der Waals surface area contributed by atoms with Crippen molar-refractivity contribution in [3.05, 3.63) is 32.2 Å². The summed E-state index contributed by atoms with van der Waals surface area (Å²) in [6.45, 7) is 1.58. The standard InChI is InChI=1S/C15H14BrF5N2O3/c1-7-6-8(16)11(25)23-9(7)10(24)22-13(23)4-2-12(26,3-5-13)14(17,18)15(19,20)21/h6,26H,2-5H2,1H3,(H,22,24). The lowest BCUT2D eigenvalue weighted by molar-refractivity contribution is -0.349. The zero-order valence-electron chi connectivity index (χ0n) is 13.4. The van der Waals surface area contributed by atoms with Crippen molar-refractivity contribution >= 4 is 21.8 Å². The molecule has 1 aromatic heterocycles. The van der Waals surface area contributed by atoms with Crippen LogP contribution in [0.15, 0.2) is 15.3 Å². The van der Waals surface area contributed by atoms with E-state index in [2.05, 4.69) is 21.2 Å². The molecule has 0 bridgehead atoms. The lowest BCUT2D eigenvalue weighted by Crippen LogP contribution is -2.62. The fraction of sp³-hybridized carbons (Fsp3) is 0.600. The van der Waals surface area contributed by atoms with Crippen LogP contribution in [0.25, 0.3) is 0 Å². The first-order chi connectivity index (χ1) is 11.8. The molecule has 0 atom stereocenters. The van der Waals surface area contributed by atoms with Crippen LogP contribution in [0, 0.1) is 6.92 Å². The Morgan fingerprint density at radius 3 is 2.19 bits per heavy atom. The molecule has 1 fully saturated rings. The summed E-state index contributed by atoms with van der Waals surface area (Å²) >= 11 is 3.06. The van der Waals surface area contributed by atoms with Crippen LogP contribution in [-0.4, -0.2) is 33.3 Å². The normalized spacial score (nSPS) is 29.0. The number of aromatic nitrogens is 1. The van der Waals surface area contributed by atoms with E-state index in [1.165, 1.54) is 6.07 Å². The summed E-state index contributed by atoms with van der Waals surface area (Å²) < 4.78 is 66.7. The van der Waals surface area contributed by atoms with Crippen LogP contribution in [0.5, 0.6) is 0 Å². The molecule has 5 nitrogen and oxygen atoms in total. The number of nitrogens with one attached hydrogen (secondary N) is 1. The molecule has 1 amide bonds. The third-order valence-electron chi connectivity index (χ3n) is 5.18. The van der Waals surface area contributed by atoms with Crippen LogP contribution in [0.3, 0.4) is 0 Å². The van der Waals surface area contributed by atoms with Gasteiger partial charge >= 0.3 is 12.1 Å². The number of hydrogen-bond acceptors (Lipinski definition) is 3. The van der Waals surface area contributed by atoms with E-state index in [9.17, 15) is 36.6 Å². The summed E-state index contributed by atoms with van der Waals surface area (Å²) in [5, 5.41) is 12.5. The van der Waals surface area contributed by atoms with Crippen LogP contribution in [0.2, 0.25) is 0 Å². The number of halogens is 6. The second-order valence-electron chi connectivity index (χ2n) is 6.75. The number of fused-ring (bicyclic) bond motifs is 2. The Balaban J connectivity index is 2.02. The number of aliphatic hydroxyl groups is 1. The molecule has 0 radical (unpaired) electrons. The average molecular weight is 445 g/mol. The number of pyridine rings is 1. The van der Waals surface area contributed by atoms with Crippen molar-refractivity contribution in [3.8, 4) is 0 Å². The first-order valence-corrected chi connectivity index (χ1v) is 8.47. The number of alkyl halides is 5. The van der Waals surface area contributed by atoms with Gasteiger partial charge in [-0.05, 0) is 60.2 Å². The molecule has 0 unspecified atom stereocenters. The monoisotopic (exact) mass is 444 g/mol. The van der Waals surface area contributed by atoms with Gasteiger partial charge < -0.3 is 10.4 Å². The number of aryl methyl sites for hydroxylation is 1. The predicted octanol–water partition coefficient (Wildman–Crippen LogP) is 2.82. The molecule has 2 N–H and O–H groups in total. The number of amides is 1. The van der Waals surface area contributed by atoms with Crippen LogP contribution >= 0.6 is 15.9 Å². The Morgan fingerprint density at radius 1 is 1.15 bits per heavy atom. The van der Waals surface area contributed by atoms with Gasteiger partial charge in [0.15, 0.2) is 0 Å². The number of rotatable bonds is 1. The molecule has 0 saturated heterocycles. The molecular formula is C15H14BrF5N2O3. The van der Waals surface area contributed by atoms with E-state index in [0.29, 0.717) is 5.56 Å². The van der Waals surface area contributed by atoms with Crippen LogP contribution < -0.4 is 10.9 Å². The van der Waals surface area contributed by atoms with E-state index < -0.39 is 60.5 Å². The molecule has 0 aromatic carbocycles. The smallest absolute Gasteiger partial charge is 0.383 e. The van der Waals surface area contributed by atoms with Crippen LogP contribution in [0.4, 0.5) is 22.0 Å². The Bertz CT molecular complexity index is 841. The number of carbonyl (C=O) groups excluding carboxylic acids is 1. The highest BCUT2D eigenvalue weighted by molar-refractivity contribution is 9.10. The zero-order valence-corrected chi connectivity index (χ0v) is 15.0. The summed E-state index contributed by atoms with van der Waals surface area (Å²) in [5.41, 5.74) is -4.85. The largest absolute Gasteiger partial charge is 0.456 e. The predicted molar refractivity (Wildman–Crippen MR) is 83.0 cm³/mol. The molecule has 1 aromatic rings. The highest BCUT2D eigenvalue weighted by Crippen LogP contribution is 2.52. The van der Waals surface area contributed by atoms with Gasteiger partial charge in [-0.3, -0.25) is 14.2 Å². The van der Waals surface area contributed by atoms with E-state index in [1.807, 2.05) is 0 Å². The summed E-state index contributed by atoms with van der Waals surface area (Å²) in [4.78, 5) is 24.7. The Kier molecular flexibility index (Phi) is 4.08. The molecule has 1 aliphatic heterocycles. The molecule has 1 spiro atoms. The maximum Gasteiger partial charge on any atom is 0.456 e. The topological polar surface area (TPSA) is 71.3 Å². The summed E-state index contributed by atoms with van der Waals surface area (Å²) in [6.07, 6.45) is -8.65. The van der Waals surface area contributed by atoms with Gasteiger partial charge in [-0.15, -0.1) is 0 Å². The van der Waals surface area contributed by atoms with E-state index in [1.54, 1.807) is 6.92 Å². The minimum atomic E-state index is -5.90. The van der Waals surface area contributed by atoms with Crippen molar-refractivity contribution in [1.82, 2.24) is 9.88 Å². The second-order valence-corrected chi connectivity index (χ2v) is 7.61. The molecular weight excluding hydrogens is 431 g/mol. The summed E-state index contributed by atoms with van der Waals surface area (Å²) in [7, 11) is 0. The summed E-state index contributed by atoms with van der Waals surface area (Å²) in [6, 6.07) is 1.43. The van der Waals surface area contributed by atoms with Crippen LogP contribution in [-0.2, 0) is 5.66 Å². The van der Waals surface area contributed by atoms with Gasteiger partial charge in [-0.2, -0.15) is 22.0 Å². The fourth-order valence-electron chi connectivity index (χ4n) is 3.72. The Hall–Kier alpha value is -1.49. The maximum atomic E-state index is 13.7. The minimum absolute atomic E-state index is 0.0335. The first-order valence-electron chi connectivity index (χ1n) is 7.68. The SMILES string of the molecule is Cc1cc(Br)c(=O)n2c1C(=O)NC21CCC(O)(C(F)(F)C(F)(F)F)CC1. The molecule has 2 aliphatic rings. The average Bonchev–Trinajstić information content (AvgIpc) is 2.80. The van der Waals surface area contributed by atoms with Gasteiger partial charge in [0.05, 0.1) is 4.47 Å². The first kappa shape index (κ1) is 19.3. The van der Waals surface area contributed by atoms with Gasteiger partial charge in [-0.25, -0.2) is 0 Å². The Morgan fingerprint density at radius 2 is 1.69 bits per heavy atom. The lowest BCUT2D eigenvalue weighted by atomic mass is 9.74. The lowest BCUT2D eigenvalue weighted by Gasteiger charge is -2.45. The Labute approximate surface area is 152 Å². The van der Waals surface area contributed by atoms with Gasteiger partial charge in [0.25, 0.3) is 11.5 Å². The fourth-order valence-corrected chi connectivity index (χ4v) is 4.24. The van der Waals surface area contributed by atoms with Crippen molar-refractivity contribution in [2.45, 2.75) is 56.0 Å². The van der Waals surface area contributed by atoms with Crippen molar-refractivity contribution in [1.29, 1.82) is 0 Å². The minimum Gasteiger partial charge on any atom is -0.383 e. The second kappa shape index (κ2) is 5.51. The van der Waals surface area contributed by atoms with E-state index in [0.717, 1.165) is 4.57 Å². The molecule has 1 aliphatic carbocycles. The number of nitrogens with zero attached hydrogens (tertiary/aromatic N) is 1. The molecule has 26 heavy (non-hydrogen) atoms. The molecule has 2 heterocycles. The highest BCUT2D eigenvalue weighted by Gasteiger charge is 2.71. The van der Waals surface area contributed by atoms with Gasteiger partial charge in [0.1, 0.15) is 17.0 Å². The number of hydrogen-bond donors (Lipinski definition) is 2. The molecule has 11 heteroatoms. The van der Waals surface area contributed by atoms with Crippen molar-refractivity contribution in [2.24, 2.45) is 0 Å². The quantitative estimate of drug-likeness (QED) is 0.654. The van der Waals surface area contributed by atoms with E-state index >= 15 is 0 Å². The van der Waals surface area contributed by atoms with E-state index in [-0.39, 0.29) is 10.2 Å². The molecule has 3 rings (SSSR count). The van der Waals surface area contributed by atoms with Crippen LogP contribution in [0.1, 0.15) is 41.7 Å². The zero-order chi connectivity index (χ0) is 19.7. The van der Waals surface area contributed by atoms with Crippen molar-refractivity contribution in [2.75, 3.05) is 0 Å². The maximum absolute atomic E-state index is 13.7. The third-order valence-corrected chi connectivity index (χ3v) is 5.75. The van der Waals surface area contributed by atoms with Crippen molar-refractivity contribution < 1.29 is 31.9 Å². The van der Waals surface area contributed by atoms with Gasteiger partial charge in [-0.1, -0.05) is 0 Å². The molecule has 144 valence electrons. The molecule has 1 saturated carbocycles. The summed E-state index contributed by atoms with van der Waals surface area (Å²) in [5.74, 6) is -5.91. The van der Waals surface area contributed by atoms with Gasteiger partial charge in [0.2, 0.25) is 0 Å². The van der Waals surface area contributed by atoms with Gasteiger partial charge in [0, 0.05) is 0 Å². The number of carbonyl (C=O) groups is 1. The third kappa shape index (κ3) is 2.43. The van der Waals surface area contributed by atoms with E-state index in [4.69, 9.17) is 0 Å².